The second-order valence-corrected chi connectivity index (χ2v) is 8.51. The number of benzene rings is 1. The second kappa shape index (κ2) is 11.7. The molecule has 1 aliphatic heterocycles. The molecule has 0 bridgehead atoms. The van der Waals surface area contributed by atoms with Crippen molar-refractivity contribution in [2.24, 2.45) is 0 Å². The van der Waals surface area contributed by atoms with Crippen LogP contribution in [0.4, 0.5) is 4.79 Å². The molecule has 2 N–H and O–H groups in total. The number of hydrogen-bond acceptors (Lipinski definition) is 5. The van der Waals surface area contributed by atoms with E-state index < -0.39 is 11.6 Å². The highest BCUT2D eigenvalue weighted by molar-refractivity contribution is 6.37. The van der Waals surface area contributed by atoms with Crippen LogP contribution in [0.15, 0.2) is 6.07 Å². The van der Waals surface area contributed by atoms with Gasteiger partial charge in [-0.15, -0.1) is 0 Å². The minimum absolute atomic E-state index is 0.0209. The molecule has 9 heteroatoms. The van der Waals surface area contributed by atoms with Gasteiger partial charge in [-0.05, 0) is 39.3 Å². The second-order valence-electron chi connectivity index (χ2n) is 7.72. The zero-order valence-electron chi connectivity index (χ0n) is 18.5. The normalized spacial score (nSPS) is 16.5. The van der Waals surface area contributed by atoms with Gasteiger partial charge in [-0.25, -0.2) is 9.59 Å². The molecule has 0 radical (unpaired) electrons. The first-order valence-corrected chi connectivity index (χ1v) is 10.7. The predicted octanol–water partition coefficient (Wildman–Crippen LogP) is 4.75. The molecule has 0 spiro atoms. The number of nitrogens with one attached hydrogen (secondary N) is 1. The molecule has 0 saturated carbocycles. The van der Waals surface area contributed by atoms with E-state index >= 15 is 0 Å². The number of hydrogen-bond donors (Lipinski definition) is 2. The zero-order chi connectivity index (χ0) is 23.1. The fourth-order valence-corrected chi connectivity index (χ4v) is 3.35. The quantitative estimate of drug-likeness (QED) is 0.655. The number of nitrogens with zero attached hydrogens (tertiary/aromatic N) is 1. The van der Waals surface area contributed by atoms with E-state index in [0.717, 1.165) is 0 Å². The first-order chi connectivity index (χ1) is 14.0. The summed E-state index contributed by atoms with van der Waals surface area (Å²) in [5.74, 6) is -1.12. The smallest absolute Gasteiger partial charge is 0.410 e. The minimum atomic E-state index is -1.12. The van der Waals surface area contributed by atoms with Gasteiger partial charge in [0.25, 0.3) is 0 Å². The number of aromatic carboxylic acids is 1. The topological polar surface area (TPSA) is 88.1 Å². The number of rotatable bonds is 5. The Hall–Kier alpha value is -1.54. The maximum absolute atomic E-state index is 12.2. The molecule has 2 rings (SSSR count). The first kappa shape index (κ1) is 26.5. The molecule has 1 saturated heterocycles. The molecule has 0 aromatic heterocycles. The van der Waals surface area contributed by atoms with Gasteiger partial charge < -0.3 is 24.8 Å². The Balaban J connectivity index is 0.00000218. The Morgan fingerprint density at radius 1 is 1.30 bits per heavy atom. The largest absolute Gasteiger partial charge is 0.478 e. The van der Waals surface area contributed by atoms with E-state index in [-0.39, 0.29) is 35.9 Å². The summed E-state index contributed by atoms with van der Waals surface area (Å²) in [5.41, 5.74) is 0.465. The Morgan fingerprint density at radius 3 is 2.50 bits per heavy atom. The van der Waals surface area contributed by atoms with Crippen molar-refractivity contribution in [2.75, 3.05) is 26.2 Å². The van der Waals surface area contributed by atoms with E-state index in [9.17, 15) is 14.7 Å². The van der Waals surface area contributed by atoms with E-state index in [1.165, 1.54) is 6.07 Å². The standard InChI is InChI=1S/C19H26Cl2N2O5.C2H6/c1-11-15(20)7-13(17(24)25)14(16(11)21)10-27-9-12-8-23(6-5-22-12)18(26)28-19(2,3)4;1-2/h7,12,22H,5-6,8-10H2,1-4H3,(H,24,25);1-2H3. The van der Waals surface area contributed by atoms with Crippen molar-refractivity contribution in [3.8, 4) is 0 Å². The highest BCUT2D eigenvalue weighted by Gasteiger charge is 2.27. The van der Waals surface area contributed by atoms with Crippen LogP contribution in [-0.2, 0) is 16.1 Å². The van der Waals surface area contributed by atoms with Crippen LogP contribution in [0, 0.1) is 6.92 Å². The van der Waals surface area contributed by atoms with Crippen molar-refractivity contribution in [2.45, 2.75) is 59.8 Å². The molecular weight excluding hydrogens is 431 g/mol. The number of carboxylic acids is 1. The molecule has 170 valence electrons. The minimum Gasteiger partial charge on any atom is -0.478 e. The van der Waals surface area contributed by atoms with Crippen molar-refractivity contribution in [1.29, 1.82) is 0 Å². The van der Waals surface area contributed by atoms with Gasteiger partial charge in [0.1, 0.15) is 5.60 Å². The number of carbonyl (C=O) groups excluding carboxylic acids is 1. The van der Waals surface area contributed by atoms with E-state index in [1.54, 1.807) is 11.8 Å². The average molecular weight is 463 g/mol. The lowest BCUT2D eigenvalue weighted by atomic mass is 10.0. The van der Waals surface area contributed by atoms with Gasteiger partial charge in [0.15, 0.2) is 0 Å². The van der Waals surface area contributed by atoms with Crippen molar-refractivity contribution >= 4 is 35.3 Å². The van der Waals surface area contributed by atoms with Gasteiger partial charge >= 0.3 is 12.1 Å². The number of ether oxygens (including phenoxy) is 2. The number of carboxylic acid groups (broad SMARTS) is 1. The average Bonchev–Trinajstić information content (AvgIpc) is 2.68. The number of halogens is 2. The van der Waals surface area contributed by atoms with E-state index in [4.69, 9.17) is 32.7 Å². The Morgan fingerprint density at radius 2 is 1.93 bits per heavy atom. The zero-order valence-corrected chi connectivity index (χ0v) is 20.0. The van der Waals surface area contributed by atoms with Crippen LogP contribution in [0.5, 0.6) is 0 Å². The van der Waals surface area contributed by atoms with Crippen LogP contribution in [0.2, 0.25) is 10.0 Å². The van der Waals surface area contributed by atoms with Crippen molar-refractivity contribution in [3.05, 3.63) is 32.8 Å². The molecule has 1 fully saturated rings. The van der Waals surface area contributed by atoms with Crippen molar-refractivity contribution in [1.82, 2.24) is 10.2 Å². The molecule has 1 atom stereocenters. The van der Waals surface area contributed by atoms with E-state index in [1.807, 2.05) is 34.6 Å². The van der Waals surface area contributed by atoms with Gasteiger partial charge in [-0.3, -0.25) is 0 Å². The molecule has 1 unspecified atom stereocenters. The number of carbonyl (C=O) groups is 2. The fraction of sp³-hybridized carbons (Fsp3) is 0.619. The van der Waals surface area contributed by atoms with Crippen LogP contribution in [0.3, 0.4) is 0 Å². The van der Waals surface area contributed by atoms with Gasteiger partial charge in [-0.2, -0.15) is 0 Å². The maximum atomic E-state index is 12.2. The van der Waals surface area contributed by atoms with Gasteiger partial charge in [0.05, 0.1) is 23.8 Å². The van der Waals surface area contributed by atoms with Crippen LogP contribution in [0.1, 0.15) is 56.1 Å². The monoisotopic (exact) mass is 462 g/mol. The van der Waals surface area contributed by atoms with Crippen LogP contribution in [0.25, 0.3) is 0 Å². The van der Waals surface area contributed by atoms with Gasteiger partial charge in [0.2, 0.25) is 0 Å². The predicted molar refractivity (Wildman–Crippen MR) is 119 cm³/mol. The summed E-state index contributed by atoms with van der Waals surface area (Å²) in [6.07, 6.45) is -0.358. The summed E-state index contributed by atoms with van der Waals surface area (Å²) < 4.78 is 11.1. The number of piperazine rings is 1. The Kier molecular flexibility index (Phi) is 10.4. The molecule has 7 nitrogen and oxygen atoms in total. The SMILES string of the molecule is CC.Cc1c(Cl)cc(C(=O)O)c(COCC2CN(C(=O)OC(C)(C)C)CCN2)c1Cl. The Labute approximate surface area is 188 Å². The molecule has 0 aliphatic carbocycles. The molecule has 1 heterocycles. The molecular formula is C21H32Cl2N2O5. The summed E-state index contributed by atoms with van der Waals surface area (Å²) in [6, 6.07) is 1.29. The third-order valence-corrected chi connectivity index (χ3v) is 5.16. The lowest BCUT2D eigenvalue weighted by Crippen LogP contribution is -2.55. The van der Waals surface area contributed by atoms with Gasteiger partial charge in [-0.1, -0.05) is 37.0 Å². The molecule has 1 aromatic rings. The summed E-state index contributed by atoms with van der Waals surface area (Å²) in [5, 5.41) is 13.3. The lowest BCUT2D eigenvalue weighted by molar-refractivity contribution is 0.0126. The van der Waals surface area contributed by atoms with Crippen LogP contribution < -0.4 is 5.32 Å². The lowest BCUT2D eigenvalue weighted by Gasteiger charge is -2.34. The van der Waals surface area contributed by atoms with Gasteiger partial charge in [0, 0.05) is 36.3 Å². The molecule has 1 aromatic carbocycles. The van der Waals surface area contributed by atoms with Crippen LogP contribution >= 0.6 is 23.2 Å². The highest BCUT2D eigenvalue weighted by Crippen LogP contribution is 2.31. The summed E-state index contributed by atoms with van der Waals surface area (Å²) >= 11 is 12.3. The fourth-order valence-electron chi connectivity index (χ4n) is 2.84. The van der Waals surface area contributed by atoms with E-state index in [0.29, 0.717) is 35.8 Å². The van der Waals surface area contributed by atoms with Crippen LogP contribution in [-0.4, -0.2) is 60.0 Å². The summed E-state index contributed by atoms with van der Waals surface area (Å²) in [6.45, 7) is 13.1. The molecule has 1 amide bonds. The summed E-state index contributed by atoms with van der Waals surface area (Å²) in [4.78, 5) is 25.4. The van der Waals surface area contributed by atoms with Crippen molar-refractivity contribution < 1.29 is 24.2 Å². The number of amides is 1. The maximum Gasteiger partial charge on any atom is 0.410 e. The Bertz CT molecular complexity index is 750. The molecule has 30 heavy (non-hydrogen) atoms. The van der Waals surface area contributed by atoms with E-state index in [2.05, 4.69) is 5.32 Å². The van der Waals surface area contributed by atoms with Crippen molar-refractivity contribution in [3.63, 3.8) is 0 Å². The molecule has 1 aliphatic rings. The third kappa shape index (κ3) is 7.61. The third-order valence-electron chi connectivity index (χ3n) is 4.25. The first-order valence-electron chi connectivity index (χ1n) is 9.99. The summed E-state index contributed by atoms with van der Waals surface area (Å²) in [7, 11) is 0. The highest BCUT2D eigenvalue weighted by atomic mass is 35.5.